The van der Waals surface area contributed by atoms with E-state index in [1.165, 1.54) is 0 Å². The third-order valence-electron chi connectivity index (χ3n) is 1.98. The highest BCUT2D eigenvalue weighted by Gasteiger charge is 2.18. The molecule has 9 heavy (non-hydrogen) atoms. The molecule has 0 aliphatic rings. The molecule has 54 valence electrons. The molecule has 0 bridgehead atoms. The van der Waals surface area contributed by atoms with Gasteiger partial charge in [0.25, 0.3) is 0 Å². The van der Waals surface area contributed by atoms with E-state index in [-0.39, 0.29) is 5.60 Å². The van der Waals surface area contributed by atoms with E-state index in [1.54, 1.807) is 0 Å². The van der Waals surface area contributed by atoms with Crippen molar-refractivity contribution in [3.8, 4) is 0 Å². The summed E-state index contributed by atoms with van der Waals surface area (Å²) < 4.78 is 5.41. The Hall–Kier alpha value is -0.0831. The molecule has 0 aliphatic carbocycles. The van der Waals surface area contributed by atoms with E-state index in [1.807, 2.05) is 6.08 Å². The minimum atomic E-state index is -0.00772. The van der Waals surface area contributed by atoms with Gasteiger partial charge in [-0.25, -0.2) is 0 Å². The lowest BCUT2D eigenvalue weighted by molar-refractivity contribution is 0.125. The van der Waals surface area contributed by atoms with Crippen LogP contribution in [0.25, 0.3) is 0 Å². The summed E-state index contributed by atoms with van der Waals surface area (Å²) in [6, 6.07) is 0. The maximum atomic E-state index is 5.41. The topological polar surface area (TPSA) is 9.23 Å². The minimum absolute atomic E-state index is 0.00772. The Kier molecular flexibility index (Phi) is 3.82. The van der Waals surface area contributed by atoms with Crippen LogP contribution in [0.2, 0.25) is 0 Å². The van der Waals surface area contributed by atoms with E-state index in [2.05, 4.69) is 20.4 Å². The molecule has 0 saturated heterocycles. The second kappa shape index (κ2) is 3.85. The molecular formula is C7H16OSi. The molecule has 0 aliphatic heterocycles. The molecule has 0 aromatic carbocycles. The van der Waals surface area contributed by atoms with Crippen molar-refractivity contribution in [2.75, 3.05) is 0 Å². The smallest absolute Gasteiger partial charge is 0.147 e. The minimum Gasteiger partial charge on any atom is -0.419 e. The van der Waals surface area contributed by atoms with Crippen molar-refractivity contribution in [1.82, 2.24) is 0 Å². The van der Waals surface area contributed by atoms with Gasteiger partial charge in [-0.2, -0.15) is 0 Å². The van der Waals surface area contributed by atoms with E-state index >= 15 is 0 Å². The fraction of sp³-hybridized carbons (Fsp3) is 0.714. The Labute approximate surface area is 60.6 Å². The van der Waals surface area contributed by atoms with Gasteiger partial charge in [-0.05, 0) is 12.8 Å². The first kappa shape index (κ1) is 8.92. The Bertz CT molecular complexity index is 78.7. The van der Waals surface area contributed by atoms with E-state index in [0.717, 1.165) is 23.3 Å². The molecule has 0 radical (unpaired) electrons. The Balaban J connectivity index is 3.98. The molecule has 0 fully saturated rings. The highest BCUT2D eigenvalue weighted by atomic mass is 28.2. The lowest BCUT2D eigenvalue weighted by Gasteiger charge is -2.26. The predicted octanol–water partition coefficient (Wildman–Crippen LogP) is 1.03. The van der Waals surface area contributed by atoms with Gasteiger partial charge in [0.15, 0.2) is 0 Å². The van der Waals surface area contributed by atoms with Crippen molar-refractivity contribution in [2.45, 2.75) is 32.3 Å². The molecule has 0 aromatic rings. The van der Waals surface area contributed by atoms with Gasteiger partial charge < -0.3 is 4.43 Å². The third-order valence-corrected chi connectivity index (χ3v) is 2.79. The lowest BCUT2D eigenvalue weighted by Crippen LogP contribution is -2.26. The maximum Gasteiger partial charge on any atom is 0.147 e. The summed E-state index contributed by atoms with van der Waals surface area (Å²) in [6.45, 7) is 8.00. The zero-order chi connectivity index (χ0) is 7.33. The van der Waals surface area contributed by atoms with Crippen LogP contribution in [0.1, 0.15) is 26.7 Å². The van der Waals surface area contributed by atoms with Crippen LogP contribution in [0.5, 0.6) is 0 Å². The highest BCUT2D eigenvalue weighted by Crippen LogP contribution is 2.19. The summed E-state index contributed by atoms with van der Waals surface area (Å²) in [5.41, 5.74) is -0.00772. The molecular weight excluding hydrogens is 128 g/mol. The summed E-state index contributed by atoms with van der Waals surface area (Å²) in [7, 11) is 0.804. The molecule has 0 rings (SSSR count). The third kappa shape index (κ3) is 1.95. The Morgan fingerprint density at radius 2 is 2.00 bits per heavy atom. The van der Waals surface area contributed by atoms with Gasteiger partial charge in [0.1, 0.15) is 10.5 Å². The average molecular weight is 144 g/mol. The zero-order valence-corrected chi connectivity index (χ0v) is 8.61. The molecule has 0 heterocycles. The SMILES string of the molecule is C=CC(CC)(CC)O[SiH3]. The predicted molar refractivity (Wildman–Crippen MR) is 44.5 cm³/mol. The van der Waals surface area contributed by atoms with Crippen LogP contribution < -0.4 is 0 Å². The van der Waals surface area contributed by atoms with Gasteiger partial charge in [0, 0.05) is 0 Å². The summed E-state index contributed by atoms with van der Waals surface area (Å²) in [5, 5.41) is 0. The number of hydrogen-bond donors (Lipinski definition) is 0. The van der Waals surface area contributed by atoms with Crippen LogP contribution in [0.3, 0.4) is 0 Å². The second-order valence-corrected chi connectivity index (χ2v) is 2.59. The number of hydrogen-bond acceptors (Lipinski definition) is 1. The standard InChI is InChI=1S/C7H16OSi/c1-4-7(5-2,6-3)8-9/h4H,1,5-6H2,2-3,9H3. The van der Waals surface area contributed by atoms with Gasteiger partial charge in [-0.1, -0.05) is 19.9 Å². The van der Waals surface area contributed by atoms with Crippen LogP contribution in [-0.4, -0.2) is 16.1 Å². The van der Waals surface area contributed by atoms with E-state index < -0.39 is 0 Å². The monoisotopic (exact) mass is 144 g/mol. The van der Waals surface area contributed by atoms with E-state index in [4.69, 9.17) is 4.43 Å². The lowest BCUT2D eigenvalue weighted by atomic mass is 9.98. The van der Waals surface area contributed by atoms with Gasteiger partial charge in [-0.15, -0.1) is 6.58 Å². The first-order chi connectivity index (χ1) is 4.24. The molecule has 0 unspecified atom stereocenters. The molecule has 0 atom stereocenters. The Morgan fingerprint density at radius 1 is 1.56 bits per heavy atom. The van der Waals surface area contributed by atoms with Crippen LogP contribution >= 0.6 is 0 Å². The first-order valence-corrected chi connectivity index (χ1v) is 4.25. The Morgan fingerprint density at radius 3 is 2.00 bits per heavy atom. The van der Waals surface area contributed by atoms with Crippen molar-refractivity contribution in [2.24, 2.45) is 0 Å². The van der Waals surface area contributed by atoms with E-state index in [0.29, 0.717) is 0 Å². The zero-order valence-electron chi connectivity index (χ0n) is 6.61. The van der Waals surface area contributed by atoms with Gasteiger partial charge in [-0.3, -0.25) is 0 Å². The highest BCUT2D eigenvalue weighted by molar-refractivity contribution is 5.98. The molecule has 2 heteroatoms. The quantitative estimate of drug-likeness (QED) is 0.423. The second-order valence-electron chi connectivity index (χ2n) is 2.18. The summed E-state index contributed by atoms with van der Waals surface area (Å²) in [4.78, 5) is 0. The fourth-order valence-electron chi connectivity index (χ4n) is 0.911. The largest absolute Gasteiger partial charge is 0.419 e. The van der Waals surface area contributed by atoms with Crippen molar-refractivity contribution in [3.05, 3.63) is 12.7 Å². The van der Waals surface area contributed by atoms with Crippen molar-refractivity contribution in [1.29, 1.82) is 0 Å². The van der Waals surface area contributed by atoms with Crippen LogP contribution in [0, 0.1) is 0 Å². The van der Waals surface area contributed by atoms with Crippen molar-refractivity contribution in [3.63, 3.8) is 0 Å². The van der Waals surface area contributed by atoms with Crippen LogP contribution in [-0.2, 0) is 4.43 Å². The molecule has 0 amide bonds. The molecule has 0 spiro atoms. The summed E-state index contributed by atoms with van der Waals surface area (Å²) in [5.74, 6) is 0. The van der Waals surface area contributed by atoms with Crippen molar-refractivity contribution >= 4 is 10.5 Å². The fourth-order valence-corrected chi connectivity index (χ4v) is 1.65. The number of rotatable bonds is 4. The molecule has 0 N–H and O–H groups in total. The summed E-state index contributed by atoms with van der Waals surface area (Å²) >= 11 is 0. The molecule has 0 saturated carbocycles. The van der Waals surface area contributed by atoms with Crippen LogP contribution in [0.15, 0.2) is 12.7 Å². The average Bonchev–Trinajstić information content (AvgIpc) is 1.95. The van der Waals surface area contributed by atoms with Crippen LogP contribution in [0.4, 0.5) is 0 Å². The first-order valence-electron chi connectivity index (χ1n) is 3.43. The van der Waals surface area contributed by atoms with Gasteiger partial charge in [0.05, 0.1) is 5.60 Å². The van der Waals surface area contributed by atoms with Gasteiger partial charge >= 0.3 is 0 Å². The molecule has 1 nitrogen and oxygen atoms in total. The molecule has 0 aromatic heterocycles. The normalized spacial score (nSPS) is 11.8. The maximum absolute atomic E-state index is 5.41. The van der Waals surface area contributed by atoms with E-state index in [9.17, 15) is 0 Å². The van der Waals surface area contributed by atoms with Gasteiger partial charge in [0.2, 0.25) is 0 Å². The summed E-state index contributed by atoms with van der Waals surface area (Å²) in [6.07, 6.45) is 3.99. The van der Waals surface area contributed by atoms with Crippen molar-refractivity contribution < 1.29 is 4.43 Å².